The highest BCUT2D eigenvalue weighted by molar-refractivity contribution is 5.77. The Morgan fingerprint density at radius 2 is 1.89 bits per heavy atom. The standard InChI is InChI=1S/C15H22N4/c1-2-6-13(7-3-1)17-12-14-8-9-16-15(18-14)19-10-4-5-11-19/h8-9,12-13H,1-7,10-11H2/b17-12+. The van der Waals surface area contributed by atoms with E-state index in [1.54, 1.807) is 0 Å². The summed E-state index contributed by atoms with van der Waals surface area (Å²) in [4.78, 5) is 15.9. The van der Waals surface area contributed by atoms with Gasteiger partial charge in [0.1, 0.15) is 0 Å². The van der Waals surface area contributed by atoms with Crippen molar-refractivity contribution in [1.82, 2.24) is 9.97 Å². The lowest BCUT2D eigenvalue weighted by atomic mass is 9.96. The molecule has 1 aliphatic carbocycles. The predicted octanol–water partition coefficient (Wildman–Crippen LogP) is 2.83. The molecule has 1 aromatic heterocycles. The third-order valence-electron chi connectivity index (χ3n) is 4.05. The first-order valence-electron chi connectivity index (χ1n) is 7.53. The SMILES string of the molecule is C(=N\C1CCCCC1)/c1ccnc(N2CCCC2)n1. The lowest BCUT2D eigenvalue weighted by Crippen LogP contribution is -2.20. The first-order valence-corrected chi connectivity index (χ1v) is 7.53. The summed E-state index contributed by atoms with van der Waals surface area (Å²) >= 11 is 0. The van der Waals surface area contributed by atoms with Crippen LogP contribution in [0.1, 0.15) is 50.6 Å². The maximum absolute atomic E-state index is 4.69. The fourth-order valence-electron chi connectivity index (χ4n) is 2.92. The summed E-state index contributed by atoms with van der Waals surface area (Å²) in [6, 6.07) is 2.46. The van der Waals surface area contributed by atoms with Gasteiger partial charge in [0.2, 0.25) is 5.95 Å². The Morgan fingerprint density at radius 1 is 1.11 bits per heavy atom. The van der Waals surface area contributed by atoms with Crippen LogP contribution in [0.5, 0.6) is 0 Å². The molecule has 2 aliphatic rings. The summed E-state index contributed by atoms with van der Waals surface area (Å²) in [5.41, 5.74) is 0.947. The zero-order chi connectivity index (χ0) is 12.9. The van der Waals surface area contributed by atoms with Crippen molar-refractivity contribution in [3.05, 3.63) is 18.0 Å². The molecule has 19 heavy (non-hydrogen) atoms. The highest BCUT2D eigenvalue weighted by Gasteiger charge is 2.15. The quantitative estimate of drug-likeness (QED) is 0.783. The fraction of sp³-hybridized carbons (Fsp3) is 0.667. The van der Waals surface area contributed by atoms with Crippen LogP contribution in [0.15, 0.2) is 17.3 Å². The van der Waals surface area contributed by atoms with Crippen LogP contribution in [0.25, 0.3) is 0 Å². The molecule has 1 saturated carbocycles. The first kappa shape index (κ1) is 12.6. The van der Waals surface area contributed by atoms with Crippen LogP contribution in [0, 0.1) is 0 Å². The van der Waals surface area contributed by atoms with Crippen LogP contribution in [0.4, 0.5) is 5.95 Å². The topological polar surface area (TPSA) is 41.4 Å². The Morgan fingerprint density at radius 3 is 2.68 bits per heavy atom. The third kappa shape index (κ3) is 3.31. The summed E-state index contributed by atoms with van der Waals surface area (Å²) in [6.45, 7) is 2.17. The minimum Gasteiger partial charge on any atom is -0.341 e. The van der Waals surface area contributed by atoms with Gasteiger partial charge in [-0.2, -0.15) is 0 Å². The number of hydrogen-bond donors (Lipinski definition) is 0. The van der Waals surface area contributed by atoms with E-state index in [0.717, 1.165) is 24.7 Å². The first-order chi connectivity index (χ1) is 9.42. The zero-order valence-corrected chi connectivity index (χ0v) is 11.5. The van der Waals surface area contributed by atoms with Crippen molar-refractivity contribution in [3.8, 4) is 0 Å². The van der Waals surface area contributed by atoms with E-state index in [9.17, 15) is 0 Å². The monoisotopic (exact) mass is 258 g/mol. The molecular formula is C15H22N4. The molecule has 0 unspecified atom stereocenters. The molecule has 4 nitrogen and oxygen atoms in total. The second-order valence-electron chi connectivity index (χ2n) is 5.55. The van der Waals surface area contributed by atoms with Gasteiger partial charge in [-0.05, 0) is 31.7 Å². The van der Waals surface area contributed by atoms with Gasteiger partial charge in [-0.1, -0.05) is 19.3 Å². The van der Waals surface area contributed by atoms with Crippen molar-refractivity contribution in [2.24, 2.45) is 4.99 Å². The van der Waals surface area contributed by atoms with E-state index < -0.39 is 0 Å². The Balaban J connectivity index is 1.66. The van der Waals surface area contributed by atoms with Crippen molar-refractivity contribution in [2.45, 2.75) is 51.0 Å². The second-order valence-corrected chi connectivity index (χ2v) is 5.55. The minimum atomic E-state index is 0.513. The number of nitrogens with zero attached hydrogens (tertiary/aromatic N) is 4. The van der Waals surface area contributed by atoms with E-state index in [4.69, 9.17) is 0 Å². The largest absolute Gasteiger partial charge is 0.341 e. The van der Waals surface area contributed by atoms with Crippen LogP contribution < -0.4 is 4.90 Å². The molecule has 0 spiro atoms. The molecule has 0 bridgehead atoms. The Labute approximate surface area is 115 Å². The lowest BCUT2D eigenvalue weighted by Gasteiger charge is -2.17. The third-order valence-corrected chi connectivity index (χ3v) is 4.05. The highest BCUT2D eigenvalue weighted by atomic mass is 15.3. The molecule has 0 aromatic carbocycles. The molecule has 3 rings (SSSR count). The molecule has 0 radical (unpaired) electrons. The molecule has 2 heterocycles. The molecule has 1 aromatic rings. The van der Waals surface area contributed by atoms with Crippen molar-refractivity contribution in [1.29, 1.82) is 0 Å². The van der Waals surface area contributed by atoms with Gasteiger partial charge in [-0.25, -0.2) is 9.97 Å². The van der Waals surface area contributed by atoms with E-state index in [1.807, 2.05) is 18.5 Å². The molecule has 2 fully saturated rings. The molecule has 0 atom stereocenters. The van der Waals surface area contributed by atoms with Crippen LogP contribution in [0.3, 0.4) is 0 Å². The summed E-state index contributed by atoms with van der Waals surface area (Å²) in [5, 5.41) is 0. The fourth-order valence-corrected chi connectivity index (χ4v) is 2.92. The molecule has 4 heteroatoms. The number of hydrogen-bond acceptors (Lipinski definition) is 4. The van der Waals surface area contributed by atoms with E-state index in [1.165, 1.54) is 44.9 Å². The average Bonchev–Trinajstić information content (AvgIpc) is 3.01. The van der Waals surface area contributed by atoms with E-state index in [0.29, 0.717) is 6.04 Å². The van der Waals surface area contributed by atoms with Crippen LogP contribution in [0.2, 0.25) is 0 Å². The summed E-state index contributed by atoms with van der Waals surface area (Å²) in [7, 11) is 0. The van der Waals surface area contributed by atoms with Crippen LogP contribution >= 0.6 is 0 Å². The van der Waals surface area contributed by atoms with Crippen molar-refractivity contribution in [2.75, 3.05) is 18.0 Å². The van der Waals surface area contributed by atoms with Gasteiger partial charge in [0.05, 0.1) is 11.7 Å². The van der Waals surface area contributed by atoms with Gasteiger partial charge < -0.3 is 4.90 Å². The maximum atomic E-state index is 4.69. The van der Waals surface area contributed by atoms with E-state index in [2.05, 4.69) is 19.9 Å². The summed E-state index contributed by atoms with van der Waals surface area (Å²) in [6.07, 6.45) is 12.8. The molecule has 0 amide bonds. The van der Waals surface area contributed by atoms with Crippen molar-refractivity contribution < 1.29 is 0 Å². The van der Waals surface area contributed by atoms with Gasteiger partial charge in [-0.3, -0.25) is 4.99 Å². The molecular weight excluding hydrogens is 236 g/mol. The van der Waals surface area contributed by atoms with Crippen LogP contribution in [-0.2, 0) is 0 Å². The lowest BCUT2D eigenvalue weighted by molar-refractivity contribution is 0.444. The summed E-state index contributed by atoms with van der Waals surface area (Å²) < 4.78 is 0. The van der Waals surface area contributed by atoms with E-state index in [-0.39, 0.29) is 0 Å². The number of aliphatic imine (C=N–C) groups is 1. The summed E-state index contributed by atoms with van der Waals surface area (Å²) in [5.74, 6) is 0.866. The number of anilines is 1. The molecule has 0 N–H and O–H groups in total. The van der Waals surface area contributed by atoms with Gasteiger partial charge in [0.15, 0.2) is 0 Å². The second kappa shape index (κ2) is 6.13. The predicted molar refractivity (Wildman–Crippen MR) is 77.9 cm³/mol. The van der Waals surface area contributed by atoms with E-state index >= 15 is 0 Å². The van der Waals surface area contributed by atoms with Crippen molar-refractivity contribution >= 4 is 12.2 Å². The Hall–Kier alpha value is -1.45. The van der Waals surface area contributed by atoms with Gasteiger partial charge >= 0.3 is 0 Å². The molecule has 1 saturated heterocycles. The van der Waals surface area contributed by atoms with Gasteiger partial charge in [-0.15, -0.1) is 0 Å². The minimum absolute atomic E-state index is 0.513. The number of aromatic nitrogens is 2. The normalized spacial score (nSPS) is 21.4. The van der Waals surface area contributed by atoms with Crippen molar-refractivity contribution in [3.63, 3.8) is 0 Å². The molecule has 102 valence electrons. The maximum Gasteiger partial charge on any atom is 0.225 e. The van der Waals surface area contributed by atoms with Gasteiger partial charge in [0, 0.05) is 25.5 Å². The van der Waals surface area contributed by atoms with Crippen LogP contribution in [-0.4, -0.2) is 35.3 Å². The smallest absolute Gasteiger partial charge is 0.225 e. The zero-order valence-electron chi connectivity index (χ0n) is 11.5. The highest BCUT2D eigenvalue weighted by Crippen LogP contribution is 2.20. The molecule has 1 aliphatic heterocycles. The Kier molecular flexibility index (Phi) is 4.06. The average molecular weight is 258 g/mol. The van der Waals surface area contributed by atoms with Gasteiger partial charge in [0.25, 0.3) is 0 Å². The Bertz CT molecular complexity index is 432. The number of rotatable bonds is 3.